The standard InChI is InChI=1S/C18H20ClN3O2/c1-12-2-3-14(19)10-16(12)22-17-5-4-15(11-20-17)21-18(23)13-6-8-24-9-7-13/h2-5,10-11,13H,6-9H2,1H3,(H,20,22)(H,21,23). The van der Waals surface area contributed by atoms with Crippen LogP contribution in [-0.4, -0.2) is 24.1 Å². The van der Waals surface area contributed by atoms with Crippen LogP contribution in [0.3, 0.4) is 0 Å². The van der Waals surface area contributed by atoms with Crippen LogP contribution in [0.15, 0.2) is 36.5 Å². The monoisotopic (exact) mass is 345 g/mol. The number of benzene rings is 1. The highest BCUT2D eigenvalue weighted by atomic mass is 35.5. The molecule has 3 rings (SSSR count). The third-order valence-corrected chi connectivity index (χ3v) is 4.32. The minimum absolute atomic E-state index is 0.0191. The molecule has 1 aliphatic heterocycles. The molecule has 5 nitrogen and oxygen atoms in total. The zero-order valence-corrected chi connectivity index (χ0v) is 14.3. The molecule has 6 heteroatoms. The lowest BCUT2D eigenvalue weighted by Crippen LogP contribution is -2.28. The first kappa shape index (κ1) is 16.7. The molecule has 1 amide bonds. The predicted molar refractivity (Wildman–Crippen MR) is 95.9 cm³/mol. The van der Waals surface area contributed by atoms with Gasteiger partial charge in [0.1, 0.15) is 5.82 Å². The summed E-state index contributed by atoms with van der Waals surface area (Å²) < 4.78 is 5.28. The van der Waals surface area contributed by atoms with Crippen LogP contribution in [-0.2, 0) is 9.53 Å². The molecule has 0 spiro atoms. The number of amides is 1. The van der Waals surface area contributed by atoms with Crippen LogP contribution < -0.4 is 10.6 Å². The second-order valence-corrected chi connectivity index (χ2v) is 6.33. The van der Waals surface area contributed by atoms with Crippen molar-refractivity contribution in [3.8, 4) is 0 Å². The summed E-state index contributed by atoms with van der Waals surface area (Å²) in [6, 6.07) is 9.34. The molecule has 126 valence electrons. The molecular formula is C18H20ClN3O2. The predicted octanol–water partition coefficient (Wildman–Crippen LogP) is 4.15. The number of aryl methyl sites for hydroxylation is 1. The molecule has 2 heterocycles. The van der Waals surface area contributed by atoms with Gasteiger partial charge in [-0.15, -0.1) is 0 Å². The molecular weight excluding hydrogens is 326 g/mol. The summed E-state index contributed by atoms with van der Waals surface area (Å²) in [6.45, 7) is 3.30. The van der Waals surface area contributed by atoms with Crippen LogP contribution in [0.1, 0.15) is 18.4 Å². The van der Waals surface area contributed by atoms with Gasteiger partial charge in [0.25, 0.3) is 0 Å². The number of rotatable bonds is 4. The Hall–Kier alpha value is -2.11. The van der Waals surface area contributed by atoms with Crippen LogP contribution in [0.4, 0.5) is 17.2 Å². The Morgan fingerprint density at radius 2 is 2.04 bits per heavy atom. The number of nitrogens with zero attached hydrogens (tertiary/aromatic N) is 1. The van der Waals surface area contributed by atoms with Crippen LogP contribution in [0.5, 0.6) is 0 Å². The highest BCUT2D eigenvalue weighted by Gasteiger charge is 2.21. The van der Waals surface area contributed by atoms with Crippen molar-refractivity contribution in [1.29, 1.82) is 0 Å². The first-order valence-electron chi connectivity index (χ1n) is 7.99. The van der Waals surface area contributed by atoms with E-state index in [2.05, 4.69) is 15.6 Å². The molecule has 0 bridgehead atoms. The summed E-state index contributed by atoms with van der Waals surface area (Å²) in [5.41, 5.74) is 2.69. The van der Waals surface area contributed by atoms with Crippen LogP contribution in [0.25, 0.3) is 0 Å². The number of carbonyl (C=O) groups is 1. The summed E-state index contributed by atoms with van der Waals surface area (Å²) >= 11 is 6.02. The van der Waals surface area contributed by atoms with Gasteiger partial charge in [-0.2, -0.15) is 0 Å². The molecule has 24 heavy (non-hydrogen) atoms. The van der Waals surface area contributed by atoms with Crippen molar-refractivity contribution in [3.05, 3.63) is 47.1 Å². The number of carbonyl (C=O) groups excluding carboxylic acids is 1. The number of anilines is 3. The van der Waals surface area contributed by atoms with E-state index in [1.165, 1.54) is 0 Å². The average molecular weight is 346 g/mol. The molecule has 0 unspecified atom stereocenters. The number of aromatic nitrogens is 1. The zero-order chi connectivity index (χ0) is 16.9. The average Bonchev–Trinajstić information content (AvgIpc) is 2.60. The van der Waals surface area contributed by atoms with E-state index in [1.54, 1.807) is 6.20 Å². The minimum Gasteiger partial charge on any atom is -0.381 e. The van der Waals surface area contributed by atoms with E-state index in [0.29, 0.717) is 29.7 Å². The van der Waals surface area contributed by atoms with Crippen molar-refractivity contribution in [1.82, 2.24) is 4.98 Å². The Morgan fingerprint density at radius 3 is 2.75 bits per heavy atom. The van der Waals surface area contributed by atoms with Gasteiger partial charge in [-0.05, 0) is 49.6 Å². The van der Waals surface area contributed by atoms with Gasteiger partial charge in [0, 0.05) is 29.8 Å². The molecule has 0 saturated carbocycles. The molecule has 1 aromatic carbocycles. The summed E-state index contributed by atoms with van der Waals surface area (Å²) in [7, 11) is 0. The third-order valence-electron chi connectivity index (χ3n) is 4.09. The van der Waals surface area contributed by atoms with E-state index in [4.69, 9.17) is 16.3 Å². The van der Waals surface area contributed by atoms with Crippen LogP contribution in [0.2, 0.25) is 5.02 Å². The number of halogens is 1. The molecule has 2 aromatic rings. The SMILES string of the molecule is Cc1ccc(Cl)cc1Nc1ccc(NC(=O)C2CCOCC2)cn1. The summed E-state index contributed by atoms with van der Waals surface area (Å²) in [6.07, 6.45) is 3.19. The number of ether oxygens (including phenoxy) is 1. The molecule has 1 aromatic heterocycles. The Kier molecular flexibility index (Phi) is 5.33. The quantitative estimate of drug-likeness (QED) is 0.873. The first-order chi connectivity index (χ1) is 11.6. The van der Waals surface area contributed by atoms with Gasteiger partial charge in [-0.3, -0.25) is 4.79 Å². The maximum atomic E-state index is 12.2. The smallest absolute Gasteiger partial charge is 0.227 e. The number of nitrogens with one attached hydrogen (secondary N) is 2. The molecule has 2 N–H and O–H groups in total. The Morgan fingerprint density at radius 1 is 1.25 bits per heavy atom. The zero-order valence-electron chi connectivity index (χ0n) is 13.5. The summed E-state index contributed by atoms with van der Waals surface area (Å²) in [5.74, 6) is 0.751. The van der Waals surface area contributed by atoms with Gasteiger partial charge in [-0.1, -0.05) is 17.7 Å². The fraction of sp³-hybridized carbons (Fsp3) is 0.333. The third kappa shape index (κ3) is 4.24. The van der Waals surface area contributed by atoms with E-state index in [-0.39, 0.29) is 11.8 Å². The van der Waals surface area contributed by atoms with Crippen molar-refractivity contribution in [2.24, 2.45) is 5.92 Å². The maximum absolute atomic E-state index is 12.2. The van der Waals surface area contributed by atoms with Gasteiger partial charge in [0.15, 0.2) is 0 Å². The fourth-order valence-corrected chi connectivity index (χ4v) is 2.78. The highest BCUT2D eigenvalue weighted by Crippen LogP contribution is 2.24. The molecule has 0 aliphatic carbocycles. The topological polar surface area (TPSA) is 63.2 Å². The van der Waals surface area contributed by atoms with Gasteiger partial charge in [0.05, 0.1) is 11.9 Å². The second kappa shape index (κ2) is 7.64. The Balaban J connectivity index is 1.62. The molecule has 0 atom stereocenters. The van der Waals surface area contributed by atoms with Crippen molar-refractivity contribution in [2.45, 2.75) is 19.8 Å². The van der Waals surface area contributed by atoms with E-state index < -0.39 is 0 Å². The Bertz CT molecular complexity index is 713. The van der Waals surface area contributed by atoms with Gasteiger partial charge < -0.3 is 15.4 Å². The number of hydrogen-bond acceptors (Lipinski definition) is 4. The second-order valence-electron chi connectivity index (χ2n) is 5.89. The van der Waals surface area contributed by atoms with Gasteiger partial charge >= 0.3 is 0 Å². The van der Waals surface area contributed by atoms with E-state index in [9.17, 15) is 4.79 Å². The van der Waals surface area contributed by atoms with E-state index in [1.807, 2.05) is 37.3 Å². The molecule has 0 radical (unpaired) electrons. The van der Waals surface area contributed by atoms with Gasteiger partial charge in [0.2, 0.25) is 5.91 Å². The molecule has 1 aliphatic rings. The lowest BCUT2D eigenvalue weighted by molar-refractivity contribution is -0.122. The number of pyridine rings is 1. The molecule has 1 fully saturated rings. The van der Waals surface area contributed by atoms with Gasteiger partial charge in [-0.25, -0.2) is 4.98 Å². The van der Waals surface area contributed by atoms with Crippen LogP contribution in [0, 0.1) is 12.8 Å². The lowest BCUT2D eigenvalue weighted by atomic mass is 9.99. The van der Waals surface area contributed by atoms with Crippen molar-refractivity contribution >= 4 is 34.7 Å². The highest BCUT2D eigenvalue weighted by molar-refractivity contribution is 6.30. The summed E-state index contributed by atoms with van der Waals surface area (Å²) in [5, 5.41) is 6.82. The van der Waals surface area contributed by atoms with Crippen molar-refractivity contribution < 1.29 is 9.53 Å². The van der Waals surface area contributed by atoms with Crippen LogP contribution >= 0.6 is 11.6 Å². The number of hydrogen-bond donors (Lipinski definition) is 2. The van der Waals surface area contributed by atoms with E-state index >= 15 is 0 Å². The maximum Gasteiger partial charge on any atom is 0.227 e. The summed E-state index contributed by atoms with van der Waals surface area (Å²) in [4.78, 5) is 16.6. The largest absolute Gasteiger partial charge is 0.381 e. The normalized spacial score (nSPS) is 15.1. The fourth-order valence-electron chi connectivity index (χ4n) is 2.61. The first-order valence-corrected chi connectivity index (χ1v) is 8.37. The lowest BCUT2D eigenvalue weighted by Gasteiger charge is -2.21. The van der Waals surface area contributed by atoms with Crippen molar-refractivity contribution in [3.63, 3.8) is 0 Å². The van der Waals surface area contributed by atoms with Crippen molar-refractivity contribution in [2.75, 3.05) is 23.8 Å². The molecule has 1 saturated heterocycles. The Labute approximate surface area is 146 Å². The van der Waals surface area contributed by atoms with E-state index in [0.717, 1.165) is 24.1 Å². The minimum atomic E-state index is 0.0191.